The summed E-state index contributed by atoms with van der Waals surface area (Å²) >= 11 is 0. The molecule has 0 aliphatic rings. The van der Waals surface area contributed by atoms with Gasteiger partial charge in [0.2, 0.25) is 0 Å². The van der Waals surface area contributed by atoms with Crippen molar-refractivity contribution in [2.75, 3.05) is 13.7 Å². The molecule has 2 heteroatoms. The summed E-state index contributed by atoms with van der Waals surface area (Å²) in [6.45, 7) is 7.67. The Kier molecular flexibility index (Phi) is 7.89. The lowest BCUT2D eigenvalue weighted by atomic mass is 9.84. The molecule has 2 nitrogen and oxygen atoms in total. The second-order valence-corrected chi connectivity index (χ2v) is 7.91. The molecule has 0 aliphatic carbocycles. The minimum Gasteiger partial charge on any atom is -0.497 e. The van der Waals surface area contributed by atoms with Gasteiger partial charge in [-0.15, -0.1) is 0 Å². The third kappa shape index (κ3) is 6.20. The highest BCUT2D eigenvalue weighted by Crippen LogP contribution is 2.31. The number of ether oxygens (including phenoxy) is 1. The zero-order valence-electron chi connectivity index (χ0n) is 17.9. The van der Waals surface area contributed by atoms with Gasteiger partial charge in [0.05, 0.1) is 7.11 Å². The van der Waals surface area contributed by atoms with Crippen LogP contribution in [0.4, 0.5) is 0 Å². The van der Waals surface area contributed by atoms with Gasteiger partial charge >= 0.3 is 0 Å². The molecule has 152 valence electrons. The lowest BCUT2D eigenvalue weighted by molar-refractivity contribution is 0.204. The largest absolute Gasteiger partial charge is 0.497 e. The smallest absolute Gasteiger partial charge is 0.119 e. The summed E-state index contributed by atoms with van der Waals surface area (Å²) in [5.41, 5.74) is 4.11. The maximum absolute atomic E-state index is 5.46. The van der Waals surface area contributed by atoms with Crippen molar-refractivity contribution < 1.29 is 4.74 Å². The van der Waals surface area contributed by atoms with Crippen molar-refractivity contribution in [3.8, 4) is 5.75 Å². The third-order valence-corrected chi connectivity index (χ3v) is 5.69. The van der Waals surface area contributed by atoms with Crippen LogP contribution in [0.3, 0.4) is 0 Å². The average molecular weight is 388 g/mol. The topological polar surface area (TPSA) is 12.5 Å². The van der Waals surface area contributed by atoms with Crippen LogP contribution < -0.4 is 4.74 Å². The second-order valence-electron chi connectivity index (χ2n) is 7.91. The van der Waals surface area contributed by atoms with Gasteiger partial charge in [-0.05, 0) is 47.1 Å². The molecule has 2 atom stereocenters. The predicted octanol–water partition coefficient (Wildman–Crippen LogP) is 6.53. The van der Waals surface area contributed by atoms with E-state index in [2.05, 4.69) is 97.6 Å². The first-order valence-corrected chi connectivity index (χ1v) is 10.6. The molecule has 0 aromatic heterocycles. The number of hydrogen-bond donors (Lipinski definition) is 0. The van der Waals surface area contributed by atoms with E-state index in [1.54, 1.807) is 7.11 Å². The highest BCUT2D eigenvalue weighted by Gasteiger charge is 2.21. The van der Waals surface area contributed by atoms with Gasteiger partial charge in [0.25, 0.3) is 0 Å². The minimum atomic E-state index is 0.513. The molecule has 3 aromatic carbocycles. The van der Waals surface area contributed by atoms with Crippen molar-refractivity contribution in [2.45, 2.75) is 39.3 Å². The van der Waals surface area contributed by atoms with Crippen molar-refractivity contribution >= 4 is 0 Å². The van der Waals surface area contributed by atoms with Crippen LogP contribution in [0, 0.1) is 5.92 Å². The van der Waals surface area contributed by atoms with Gasteiger partial charge in [0, 0.05) is 19.6 Å². The Bertz CT molecular complexity index is 805. The van der Waals surface area contributed by atoms with Gasteiger partial charge in [-0.25, -0.2) is 0 Å². The highest BCUT2D eigenvalue weighted by atomic mass is 16.5. The van der Waals surface area contributed by atoms with Gasteiger partial charge in [-0.3, -0.25) is 4.90 Å². The molecule has 0 radical (unpaired) electrons. The van der Waals surface area contributed by atoms with Crippen LogP contribution >= 0.6 is 0 Å². The zero-order valence-corrected chi connectivity index (χ0v) is 17.9. The number of hydrogen-bond acceptors (Lipinski definition) is 2. The Balaban J connectivity index is 1.77. The molecule has 2 unspecified atom stereocenters. The molecule has 0 aliphatic heterocycles. The van der Waals surface area contributed by atoms with Crippen LogP contribution in [0.15, 0.2) is 84.9 Å². The summed E-state index contributed by atoms with van der Waals surface area (Å²) in [7, 11) is 1.74. The van der Waals surface area contributed by atoms with Crippen LogP contribution in [-0.2, 0) is 13.1 Å². The van der Waals surface area contributed by atoms with Crippen LogP contribution in [0.25, 0.3) is 0 Å². The van der Waals surface area contributed by atoms with E-state index in [0.717, 1.165) is 31.8 Å². The standard InChI is InChI=1S/C27H33NO/c1-4-27(25-16-11-17-26(18-25)29-3)22(2)19-28(20-23-12-7-5-8-13-23)21-24-14-9-6-10-15-24/h5-18,22,27H,4,19-21H2,1-3H3. The molecule has 0 amide bonds. The van der Waals surface area contributed by atoms with Crippen molar-refractivity contribution in [2.24, 2.45) is 5.92 Å². The van der Waals surface area contributed by atoms with E-state index in [4.69, 9.17) is 4.74 Å². The fourth-order valence-corrected chi connectivity index (χ4v) is 4.24. The summed E-state index contributed by atoms with van der Waals surface area (Å²) in [4.78, 5) is 2.58. The van der Waals surface area contributed by atoms with E-state index in [-0.39, 0.29) is 0 Å². The number of rotatable bonds is 10. The van der Waals surface area contributed by atoms with E-state index >= 15 is 0 Å². The average Bonchev–Trinajstić information content (AvgIpc) is 2.76. The third-order valence-electron chi connectivity index (χ3n) is 5.69. The quantitative estimate of drug-likeness (QED) is 0.392. The molecule has 3 aromatic rings. The summed E-state index contributed by atoms with van der Waals surface area (Å²) in [5.74, 6) is 2.00. The molecule has 29 heavy (non-hydrogen) atoms. The number of methoxy groups -OCH3 is 1. The molecule has 0 spiro atoms. The maximum atomic E-state index is 5.46. The lowest BCUT2D eigenvalue weighted by Crippen LogP contribution is -2.30. The van der Waals surface area contributed by atoms with Crippen molar-refractivity contribution in [3.63, 3.8) is 0 Å². The first-order valence-electron chi connectivity index (χ1n) is 10.6. The van der Waals surface area contributed by atoms with Crippen LogP contribution in [-0.4, -0.2) is 18.6 Å². The molecule has 0 saturated carbocycles. The maximum Gasteiger partial charge on any atom is 0.119 e. The minimum absolute atomic E-state index is 0.513. The summed E-state index contributed by atoms with van der Waals surface area (Å²) in [6.07, 6.45) is 1.12. The SMILES string of the molecule is CCC(c1cccc(OC)c1)C(C)CN(Cc1ccccc1)Cc1ccccc1. The van der Waals surface area contributed by atoms with E-state index in [9.17, 15) is 0 Å². The van der Waals surface area contributed by atoms with Gasteiger partial charge in [-0.1, -0.05) is 86.6 Å². The molecule has 0 heterocycles. The van der Waals surface area contributed by atoms with Crippen LogP contribution in [0.1, 0.15) is 42.9 Å². The van der Waals surface area contributed by atoms with Gasteiger partial charge in [-0.2, -0.15) is 0 Å². The first-order chi connectivity index (χ1) is 14.2. The van der Waals surface area contributed by atoms with E-state index in [1.807, 2.05) is 6.07 Å². The van der Waals surface area contributed by atoms with Crippen molar-refractivity contribution in [3.05, 3.63) is 102 Å². The lowest BCUT2D eigenvalue weighted by Gasteiger charge is -2.31. The highest BCUT2D eigenvalue weighted by molar-refractivity contribution is 5.31. The fraction of sp³-hybridized carbons (Fsp3) is 0.333. The summed E-state index contributed by atoms with van der Waals surface area (Å²) < 4.78 is 5.46. The Morgan fingerprint density at radius 1 is 0.793 bits per heavy atom. The molecule has 0 fully saturated rings. The zero-order chi connectivity index (χ0) is 20.5. The monoisotopic (exact) mass is 387 g/mol. The van der Waals surface area contributed by atoms with E-state index in [1.165, 1.54) is 16.7 Å². The normalized spacial score (nSPS) is 13.2. The first kappa shape index (κ1) is 21.1. The Labute approximate surface area is 176 Å². The van der Waals surface area contributed by atoms with Crippen molar-refractivity contribution in [1.29, 1.82) is 0 Å². The fourth-order valence-electron chi connectivity index (χ4n) is 4.24. The van der Waals surface area contributed by atoms with Gasteiger partial charge in [0.15, 0.2) is 0 Å². The molecule has 0 bridgehead atoms. The van der Waals surface area contributed by atoms with E-state index in [0.29, 0.717) is 11.8 Å². The summed E-state index contributed by atoms with van der Waals surface area (Å²) in [6, 6.07) is 30.2. The Hall–Kier alpha value is -2.58. The Morgan fingerprint density at radius 2 is 1.38 bits per heavy atom. The Morgan fingerprint density at radius 3 is 1.90 bits per heavy atom. The van der Waals surface area contributed by atoms with Crippen molar-refractivity contribution in [1.82, 2.24) is 4.90 Å². The predicted molar refractivity (Wildman–Crippen MR) is 122 cm³/mol. The van der Waals surface area contributed by atoms with Gasteiger partial charge in [0.1, 0.15) is 5.75 Å². The van der Waals surface area contributed by atoms with E-state index < -0.39 is 0 Å². The second kappa shape index (κ2) is 10.8. The molecule has 0 N–H and O–H groups in total. The molecule has 3 rings (SSSR count). The molecular weight excluding hydrogens is 354 g/mol. The number of nitrogens with zero attached hydrogens (tertiary/aromatic N) is 1. The van der Waals surface area contributed by atoms with Gasteiger partial charge < -0.3 is 4.74 Å². The van der Waals surface area contributed by atoms with Crippen LogP contribution in [0.5, 0.6) is 5.75 Å². The molecule has 0 saturated heterocycles. The summed E-state index contributed by atoms with van der Waals surface area (Å²) in [5, 5.41) is 0. The molecular formula is C27H33NO. The number of benzene rings is 3. The van der Waals surface area contributed by atoms with Crippen LogP contribution in [0.2, 0.25) is 0 Å².